The van der Waals surface area contributed by atoms with Gasteiger partial charge in [-0.1, -0.05) is 19.3 Å². The zero-order chi connectivity index (χ0) is 13.8. The maximum atomic E-state index is 13.6. The van der Waals surface area contributed by atoms with Gasteiger partial charge in [0.1, 0.15) is 23.3 Å². The molecule has 0 aromatic heterocycles. The third kappa shape index (κ3) is 3.26. The topological polar surface area (TPSA) is 50.4 Å². The standard InChI is InChI=1S/C13H16F3N3/c14-8-6-10(15)12(11(16)7-8)13(19-17)18-9-4-2-1-3-5-9/h6-7,9H,1-5,17H2,(H,18,19). The molecule has 0 heterocycles. The lowest BCUT2D eigenvalue weighted by atomic mass is 9.96. The normalized spacial score (nSPS) is 17.6. The third-order valence-corrected chi connectivity index (χ3v) is 3.27. The molecule has 1 aliphatic carbocycles. The summed E-state index contributed by atoms with van der Waals surface area (Å²) in [6, 6.07) is 1.24. The molecule has 1 aromatic carbocycles. The summed E-state index contributed by atoms with van der Waals surface area (Å²) in [5.74, 6) is 2.24. The van der Waals surface area contributed by atoms with Crippen LogP contribution in [-0.4, -0.2) is 11.9 Å². The first-order valence-electron chi connectivity index (χ1n) is 6.31. The molecule has 104 valence electrons. The van der Waals surface area contributed by atoms with E-state index in [0.29, 0.717) is 12.1 Å². The molecule has 0 unspecified atom stereocenters. The Morgan fingerprint density at radius 3 is 2.21 bits per heavy atom. The Labute approximate surface area is 109 Å². The average Bonchev–Trinajstić information content (AvgIpc) is 2.37. The van der Waals surface area contributed by atoms with Crippen molar-refractivity contribution < 1.29 is 13.2 Å². The van der Waals surface area contributed by atoms with Crippen molar-refractivity contribution in [1.29, 1.82) is 0 Å². The number of hydrazine groups is 1. The van der Waals surface area contributed by atoms with Gasteiger partial charge in [0.05, 0.1) is 11.6 Å². The lowest BCUT2D eigenvalue weighted by Crippen LogP contribution is -2.34. The van der Waals surface area contributed by atoms with E-state index in [1.165, 1.54) is 0 Å². The molecule has 1 fully saturated rings. The minimum absolute atomic E-state index is 0.00338. The quantitative estimate of drug-likeness (QED) is 0.376. The number of nitrogens with zero attached hydrogens (tertiary/aromatic N) is 1. The largest absolute Gasteiger partial charge is 0.308 e. The van der Waals surface area contributed by atoms with Crippen molar-refractivity contribution >= 4 is 5.84 Å². The summed E-state index contributed by atoms with van der Waals surface area (Å²) in [6.45, 7) is 0. The van der Waals surface area contributed by atoms with E-state index in [4.69, 9.17) is 5.84 Å². The Kier molecular flexibility index (Phi) is 4.42. The van der Waals surface area contributed by atoms with Gasteiger partial charge in [0.15, 0.2) is 0 Å². The lowest BCUT2D eigenvalue weighted by Gasteiger charge is -2.19. The number of hydrogen-bond acceptors (Lipinski definition) is 2. The van der Waals surface area contributed by atoms with Gasteiger partial charge in [0.25, 0.3) is 0 Å². The Morgan fingerprint density at radius 1 is 1.11 bits per heavy atom. The van der Waals surface area contributed by atoms with Crippen LogP contribution in [0.25, 0.3) is 0 Å². The fraction of sp³-hybridized carbons (Fsp3) is 0.462. The molecular weight excluding hydrogens is 255 g/mol. The Morgan fingerprint density at radius 2 is 1.68 bits per heavy atom. The van der Waals surface area contributed by atoms with Crippen molar-refractivity contribution in [3.63, 3.8) is 0 Å². The van der Waals surface area contributed by atoms with Crippen LogP contribution in [0.2, 0.25) is 0 Å². The summed E-state index contributed by atoms with van der Waals surface area (Å²) >= 11 is 0. The number of halogens is 3. The fourth-order valence-electron chi connectivity index (χ4n) is 2.34. The molecule has 1 aromatic rings. The highest BCUT2D eigenvalue weighted by atomic mass is 19.1. The molecule has 0 saturated heterocycles. The lowest BCUT2D eigenvalue weighted by molar-refractivity contribution is 0.442. The van der Waals surface area contributed by atoms with Crippen molar-refractivity contribution in [2.24, 2.45) is 10.8 Å². The van der Waals surface area contributed by atoms with E-state index in [1.54, 1.807) is 0 Å². The highest BCUT2D eigenvalue weighted by molar-refractivity contribution is 5.99. The maximum Gasteiger partial charge on any atom is 0.148 e. The third-order valence-electron chi connectivity index (χ3n) is 3.27. The molecule has 0 bridgehead atoms. The zero-order valence-corrected chi connectivity index (χ0v) is 10.4. The summed E-state index contributed by atoms with van der Waals surface area (Å²) in [5, 5.41) is 0. The molecule has 3 N–H and O–H groups in total. The molecule has 19 heavy (non-hydrogen) atoms. The molecule has 0 spiro atoms. The first-order chi connectivity index (χ1) is 9.11. The number of nitrogens with one attached hydrogen (secondary N) is 1. The monoisotopic (exact) mass is 271 g/mol. The predicted octanol–water partition coefficient (Wildman–Crippen LogP) is 2.65. The van der Waals surface area contributed by atoms with Gasteiger partial charge in [-0.05, 0) is 12.8 Å². The minimum Gasteiger partial charge on any atom is -0.308 e. The van der Waals surface area contributed by atoms with E-state index < -0.39 is 23.0 Å². The molecule has 0 amide bonds. The van der Waals surface area contributed by atoms with E-state index >= 15 is 0 Å². The van der Waals surface area contributed by atoms with Crippen LogP contribution < -0.4 is 11.3 Å². The van der Waals surface area contributed by atoms with Gasteiger partial charge in [-0.3, -0.25) is 4.99 Å². The van der Waals surface area contributed by atoms with Gasteiger partial charge in [-0.25, -0.2) is 19.0 Å². The van der Waals surface area contributed by atoms with Crippen LogP contribution in [0, 0.1) is 17.5 Å². The van der Waals surface area contributed by atoms with E-state index in [1.807, 2.05) is 0 Å². The van der Waals surface area contributed by atoms with E-state index in [0.717, 1.165) is 32.1 Å². The van der Waals surface area contributed by atoms with Crippen LogP contribution in [0.5, 0.6) is 0 Å². The van der Waals surface area contributed by atoms with Crippen molar-refractivity contribution in [3.8, 4) is 0 Å². The molecule has 6 heteroatoms. The second kappa shape index (κ2) is 6.06. The van der Waals surface area contributed by atoms with Crippen LogP contribution in [0.1, 0.15) is 37.7 Å². The van der Waals surface area contributed by atoms with Crippen LogP contribution in [0.3, 0.4) is 0 Å². The highest BCUT2D eigenvalue weighted by Crippen LogP contribution is 2.22. The first kappa shape index (κ1) is 13.9. The van der Waals surface area contributed by atoms with Crippen LogP contribution in [-0.2, 0) is 0 Å². The Bertz CT molecular complexity index is 459. The van der Waals surface area contributed by atoms with E-state index in [-0.39, 0.29) is 11.9 Å². The molecule has 0 radical (unpaired) electrons. The molecule has 1 aliphatic rings. The van der Waals surface area contributed by atoms with Crippen LogP contribution in [0.4, 0.5) is 13.2 Å². The minimum atomic E-state index is -1.01. The second-order valence-corrected chi connectivity index (χ2v) is 4.66. The number of nitrogens with two attached hydrogens (primary N) is 1. The fourth-order valence-corrected chi connectivity index (χ4v) is 2.34. The molecule has 0 atom stereocenters. The summed E-state index contributed by atoms with van der Waals surface area (Å²) in [6.07, 6.45) is 4.97. The van der Waals surface area contributed by atoms with Gasteiger partial charge in [-0.2, -0.15) is 0 Å². The summed E-state index contributed by atoms with van der Waals surface area (Å²) in [5.41, 5.74) is 1.81. The van der Waals surface area contributed by atoms with Crippen LogP contribution in [0.15, 0.2) is 17.1 Å². The molecule has 0 aliphatic heterocycles. The molecule has 3 nitrogen and oxygen atoms in total. The van der Waals surface area contributed by atoms with E-state index in [9.17, 15) is 13.2 Å². The van der Waals surface area contributed by atoms with Crippen molar-refractivity contribution in [3.05, 3.63) is 35.1 Å². The second-order valence-electron chi connectivity index (χ2n) is 4.66. The SMILES string of the molecule is NNC(=NC1CCCCC1)c1c(F)cc(F)cc1F. The van der Waals surface area contributed by atoms with Gasteiger partial charge in [0.2, 0.25) is 0 Å². The average molecular weight is 271 g/mol. The van der Waals surface area contributed by atoms with Gasteiger partial charge >= 0.3 is 0 Å². The predicted molar refractivity (Wildman–Crippen MR) is 67.0 cm³/mol. The number of rotatable bonds is 2. The smallest absolute Gasteiger partial charge is 0.148 e. The Hall–Kier alpha value is -1.56. The van der Waals surface area contributed by atoms with Crippen molar-refractivity contribution in [1.82, 2.24) is 5.43 Å². The van der Waals surface area contributed by atoms with Gasteiger partial charge in [-0.15, -0.1) is 0 Å². The van der Waals surface area contributed by atoms with Crippen molar-refractivity contribution in [2.75, 3.05) is 0 Å². The number of aliphatic imine (C=N–C) groups is 1. The highest BCUT2D eigenvalue weighted by Gasteiger charge is 2.19. The maximum absolute atomic E-state index is 13.6. The summed E-state index contributed by atoms with van der Waals surface area (Å²) < 4.78 is 40.2. The van der Waals surface area contributed by atoms with Crippen molar-refractivity contribution in [2.45, 2.75) is 38.1 Å². The summed E-state index contributed by atoms with van der Waals surface area (Å²) in [4.78, 5) is 4.25. The number of benzene rings is 1. The van der Waals surface area contributed by atoms with E-state index in [2.05, 4.69) is 10.4 Å². The number of hydrogen-bond donors (Lipinski definition) is 2. The first-order valence-corrected chi connectivity index (χ1v) is 6.31. The molecule has 2 rings (SSSR count). The molecule has 1 saturated carbocycles. The van der Waals surface area contributed by atoms with Gasteiger partial charge in [0, 0.05) is 12.1 Å². The van der Waals surface area contributed by atoms with Crippen LogP contribution >= 0.6 is 0 Å². The van der Waals surface area contributed by atoms with Gasteiger partial charge < -0.3 is 5.43 Å². The zero-order valence-electron chi connectivity index (χ0n) is 10.4. The molecular formula is C13H16F3N3. The number of amidine groups is 1. The summed E-state index contributed by atoms with van der Waals surface area (Å²) in [7, 11) is 0. The Balaban J connectivity index is 2.33.